The van der Waals surface area contributed by atoms with Crippen LogP contribution in [0.15, 0.2) is 0 Å². The molecule has 0 aromatic rings. The number of carbonyl (C=O) groups is 1. The van der Waals surface area contributed by atoms with Crippen LogP contribution in [0.2, 0.25) is 0 Å². The molecule has 1 amide bonds. The molecule has 0 radical (unpaired) electrons. The summed E-state index contributed by atoms with van der Waals surface area (Å²) < 4.78 is 0. The summed E-state index contributed by atoms with van der Waals surface area (Å²) in [4.78, 5) is 12.6. The molecule has 12 heavy (non-hydrogen) atoms. The molecule has 2 N–H and O–H groups in total. The Morgan fingerprint density at radius 2 is 2.08 bits per heavy atom. The normalized spacial score (nSPS) is 10.0. The lowest BCUT2D eigenvalue weighted by molar-refractivity contribution is -0.126. The number of hydrogen-bond acceptors (Lipinski definition) is 2. The molecule has 3 nitrogen and oxygen atoms in total. The van der Waals surface area contributed by atoms with E-state index in [9.17, 15) is 4.79 Å². The van der Waals surface area contributed by atoms with Crippen molar-refractivity contribution in [3.63, 3.8) is 0 Å². The lowest BCUT2D eigenvalue weighted by Gasteiger charge is -2.14. The van der Waals surface area contributed by atoms with Gasteiger partial charge in [-0.25, -0.2) is 0 Å². The lowest BCUT2D eigenvalue weighted by Crippen LogP contribution is -2.37. The summed E-state index contributed by atoms with van der Waals surface area (Å²) in [5.74, 6) is 0.532. The van der Waals surface area contributed by atoms with Crippen molar-refractivity contribution in [2.24, 2.45) is 11.7 Å². The van der Waals surface area contributed by atoms with E-state index in [-0.39, 0.29) is 11.0 Å². The molecule has 0 rings (SSSR count). The van der Waals surface area contributed by atoms with Crippen LogP contribution in [0.4, 0.5) is 0 Å². The van der Waals surface area contributed by atoms with Gasteiger partial charge in [0.15, 0.2) is 5.11 Å². The fourth-order valence-electron chi connectivity index (χ4n) is 0.703. The van der Waals surface area contributed by atoms with Crippen molar-refractivity contribution in [3.8, 4) is 0 Å². The van der Waals surface area contributed by atoms with E-state index in [1.54, 1.807) is 7.05 Å². The molecule has 0 atom stereocenters. The van der Waals surface area contributed by atoms with Gasteiger partial charge in [0.25, 0.3) is 0 Å². The second-order valence-corrected chi connectivity index (χ2v) is 3.64. The SMILES string of the molecule is CC(C)CCC(=O)N(C)C(N)=S. The summed E-state index contributed by atoms with van der Waals surface area (Å²) in [6, 6.07) is 0. The number of hydrogen-bond donors (Lipinski definition) is 1. The highest BCUT2D eigenvalue weighted by Gasteiger charge is 2.10. The summed E-state index contributed by atoms with van der Waals surface area (Å²) in [6.45, 7) is 4.15. The second-order valence-electron chi connectivity index (χ2n) is 3.22. The third kappa shape index (κ3) is 4.28. The van der Waals surface area contributed by atoms with Crippen LogP contribution in [0.5, 0.6) is 0 Å². The summed E-state index contributed by atoms with van der Waals surface area (Å²) in [7, 11) is 1.60. The molecule has 0 aliphatic carbocycles. The maximum absolute atomic E-state index is 11.2. The second kappa shape index (κ2) is 5.09. The van der Waals surface area contributed by atoms with Gasteiger partial charge in [-0.15, -0.1) is 0 Å². The van der Waals surface area contributed by atoms with Gasteiger partial charge < -0.3 is 5.73 Å². The van der Waals surface area contributed by atoms with Gasteiger partial charge in [0.2, 0.25) is 5.91 Å². The van der Waals surface area contributed by atoms with Crippen LogP contribution in [0, 0.1) is 5.92 Å². The molecule has 0 aliphatic rings. The van der Waals surface area contributed by atoms with E-state index >= 15 is 0 Å². The van der Waals surface area contributed by atoms with E-state index in [4.69, 9.17) is 5.73 Å². The van der Waals surface area contributed by atoms with E-state index in [0.717, 1.165) is 6.42 Å². The van der Waals surface area contributed by atoms with Crippen LogP contribution < -0.4 is 5.73 Å². The van der Waals surface area contributed by atoms with Gasteiger partial charge in [-0.1, -0.05) is 13.8 Å². The van der Waals surface area contributed by atoms with E-state index in [2.05, 4.69) is 26.1 Å². The number of nitrogens with zero attached hydrogens (tertiary/aromatic N) is 1. The van der Waals surface area contributed by atoms with Crippen LogP contribution in [0.3, 0.4) is 0 Å². The number of nitrogens with two attached hydrogens (primary N) is 1. The zero-order valence-corrected chi connectivity index (χ0v) is 8.65. The van der Waals surface area contributed by atoms with Gasteiger partial charge >= 0.3 is 0 Å². The zero-order valence-electron chi connectivity index (χ0n) is 7.83. The minimum Gasteiger partial charge on any atom is -0.376 e. The first kappa shape index (κ1) is 11.4. The topological polar surface area (TPSA) is 46.3 Å². The Labute approximate surface area is 78.9 Å². The standard InChI is InChI=1S/C8H16N2OS/c1-6(2)4-5-7(11)10(3)8(9)12/h6H,4-5H2,1-3H3,(H2,9,12). The molecule has 0 aromatic carbocycles. The lowest BCUT2D eigenvalue weighted by atomic mass is 10.1. The summed E-state index contributed by atoms with van der Waals surface area (Å²) >= 11 is 4.66. The van der Waals surface area contributed by atoms with Crippen LogP contribution >= 0.6 is 12.2 Å². The highest BCUT2D eigenvalue weighted by molar-refractivity contribution is 7.80. The molecule has 0 fully saturated rings. The van der Waals surface area contributed by atoms with Crippen molar-refractivity contribution < 1.29 is 4.79 Å². The van der Waals surface area contributed by atoms with E-state index in [1.165, 1.54) is 4.90 Å². The Hall–Kier alpha value is -0.640. The summed E-state index contributed by atoms with van der Waals surface area (Å²) in [5, 5.41) is 0.142. The minimum atomic E-state index is -0.00352. The van der Waals surface area contributed by atoms with Crippen LogP contribution in [0.1, 0.15) is 26.7 Å². The van der Waals surface area contributed by atoms with Gasteiger partial charge in [-0.2, -0.15) is 0 Å². The Kier molecular flexibility index (Phi) is 4.81. The molecule has 0 bridgehead atoms. The maximum Gasteiger partial charge on any atom is 0.228 e. The fourth-order valence-corrected chi connectivity index (χ4v) is 0.805. The Morgan fingerprint density at radius 3 is 2.42 bits per heavy atom. The van der Waals surface area contributed by atoms with Crippen molar-refractivity contribution in [1.29, 1.82) is 0 Å². The molecule has 0 spiro atoms. The predicted molar refractivity (Wildman–Crippen MR) is 53.6 cm³/mol. The van der Waals surface area contributed by atoms with E-state index in [0.29, 0.717) is 12.3 Å². The molecule has 0 saturated carbocycles. The largest absolute Gasteiger partial charge is 0.376 e. The first-order valence-corrected chi connectivity index (χ1v) is 4.42. The van der Waals surface area contributed by atoms with Gasteiger partial charge in [0.1, 0.15) is 0 Å². The fraction of sp³-hybridized carbons (Fsp3) is 0.750. The van der Waals surface area contributed by atoms with Crippen molar-refractivity contribution in [3.05, 3.63) is 0 Å². The molecule has 0 heterocycles. The van der Waals surface area contributed by atoms with Gasteiger partial charge in [0, 0.05) is 13.5 Å². The third-order valence-corrected chi connectivity index (χ3v) is 1.91. The molecule has 0 saturated heterocycles. The number of thiocarbonyl (C=S) groups is 1. The van der Waals surface area contributed by atoms with Gasteiger partial charge in [0.05, 0.1) is 0 Å². The molecular formula is C8H16N2OS. The average Bonchev–Trinajstić information content (AvgIpc) is 1.98. The molecule has 0 unspecified atom stereocenters. The number of carbonyl (C=O) groups excluding carboxylic acids is 1. The van der Waals surface area contributed by atoms with Gasteiger partial charge in [-0.05, 0) is 24.6 Å². The Morgan fingerprint density at radius 1 is 1.58 bits per heavy atom. The predicted octanol–water partition coefficient (Wildman–Crippen LogP) is 1.12. The zero-order chi connectivity index (χ0) is 9.72. The monoisotopic (exact) mass is 188 g/mol. The Balaban J connectivity index is 3.80. The van der Waals surface area contributed by atoms with Crippen molar-refractivity contribution in [2.45, 2.75) is 26.7 Å². The average molecular weight is 188 g/mol. The Bertz CT molecular complexity index is 180. The molecule has 70 valence electrons. The van der Waals surface area contributed by atoms with Crippen molar-refractivity contribution in [1.82, 2.24) is 4.90 Å². The molecule has 0 aromatic heterocycles. The smallest absolute Gasteiger partial charge is 0.228 e. The molecule has 4 heteroatoms. The maximum atomic E-state index is 11.2. The minimum absolute atomic E-state index is 0.00352. The van der Waals surface area contributed by atoms with E-state index in [1.807, 2.05) is 0 Å². The van der Waals surface area contributed by atoms with Crippen LogP contribution in [-0.2, 0) is 4.79 Å². The van der Waals surface area contributed by atoms with Crippen LogP contribution in [-0.4, -0.2) is 23.0 Å². The molecular weight excluding hydrogens is 172 g/mol. The highest BCUT2D eigenvalue weighted by Crippen LogP contribution is 2.05. The number of amides is 1. The first-order chi connectivity index (χ1) is 5.45. The van der Waals surface area contributed by atoms with E-state index < -0.39 is 0 Å². The quantitative estimate of drug-likeness (QED) is 0.675. The first-order valence-electron chi connectivity index (χ1n) is 4.01. The van der Waals surface area contributed by atoms with Crippen molar-refractivity contribution in [2.75, 3.05) is 7.05 Å². The highest BCUT2D eigenvalue weighted by atomic mass is 32.1. The van der Waals surface area contributed by atoms with Crippen molar-refractivity contribution >= 4 is 23.2 Å². The molecule has 0 aliphatic heterocycles. The van der Waals surface area contributed by atoms with Crippen LogP contribution in [0.25, 0.3) is 0 Å². The van der Waals surface area contributed by atoms with Gasteiger partial charge in [-0.3, -0.25) is 9.69 Å². The summed E-state index contributed by atoms with van der Waals surface area (Å²) in [5.41, 5.74) is 5.28. The number of rotatable bonds is 3. The summed E-state index contributed by atoms with van der Waals surface area (Å²) in [6.07, 6.45) is 1.40. The third-order valence-electron chi connectivity index (χ3n) is 1.64.